The Morgan fingerprint density at radius 3 is 2.39 bits per heavy atom. The highest BCUT2D eigenvalue weighted by molar-refractivity contribution is 14.0. The van der Waals surface area contributed by atoms with Gasteiger partial charge in [-0.3, -0.25) is 4.99 Å². The third-order valence-electron chi connectivity index (χ3n) is 3.47. The van der Waals surface area contributed by atoms with Crippen LogP contribution in [0.3, 0.4) is 0 Å². The number of guanidine groups is 1. The second kappa shape index (κ2) is 9.87. The summed E-state index contributed by atoms with van der Waals surface area (Å²) in [6.07, 6.45) is 0.989. The topological polar surface area (TPSA) is 49.3 Å². The predicted molar refractivity (Wildman–Crippen MR) is 110 cm³/mol. The van der Waals surface area contributed by atoms with Crippen molar-refractivity contribution in [2.75, 3.05) is 13.6 Å². The quantitative estimate of drug-likeness (QED) is 0.421. The van der Waals surface area contributed by atoms with Crippen LogP contribution in [0.4, 0.5) is 0 Å². The van der Waals surface area contributed by atoms with Crippen LogP contribution >= 0.6 is 35.3 Å². The molecule has 2 rings (SSSR count). The van der Waals surface area contributed by atoms with E-state index >= 15 is 0 Å². The predicted octanol–water partition coefficient (Wildman–Crippen LogP) is 3.59. The molecule has 0 aliphatic carbocycles. The van der Waals surface area contributed by atoms with E-state index in [2.05, 4.69) is 52.7 Å². The van der Waals surface area contributed by atoms with Crippen molar-refractivity contribution >= 4 is 41.3 Å². The molecule has 0 fully saturated rings. The van der Waals surface area contributed by atoms with Gasteiger partial charge in [0.15, 0.2) is 5.96 Å². The number of aromatic nitrogens is 1. The summed E-state index contributed by atoms with van der Waals surface area (Å²) >= 11 is 1.67. The van der Waals surface area contributed by atoms with E-state index in [9.17, 15) is 0 Å². The first-order valence-electron chi connectivity index (χ1n) is 7.49. The number of hydrogen-bond acceptors (Lipinski definition) is 3. The molecule has 0 spiro atoms. The fourth-order valence-corrected chi connectivity index (χ4v) is 3.14. The lowest BCUT2D eigenvalue weighted by atomic mass is 10.1. The first-order chi connectivity index (χ1) is 10.6. The smallest absolute Gasteiger partial charge is 0.191 e. The highest BCUT2D eigenvalue weighted by Gasteiger charge is 2.03. The first-order valence-corrected chi connectivity index (χ1v) is 8.37. The summed E-state index contributed by atoms with van der Waals surface area (Å²) in [6, 6.07) is 6.69. The molecule has 6 heteroatoms. The Bertz CT molecular complexity index is 632. The van der Waals surface area contributed by atoms with Gasteiger partial charge in [0.25, 0.3) is 0 Å². The average Bonchev–Trinajstić information content (AvgIpc) is 2.87. The molecular weight excluding hydrogens is 419 g/mol. The Kier molecular flexibility index (Phi) is 8.54. The van der Waals surface area contributed by atoms with E-state index in [1.807, 2.05) is 12.4 Å². The van der Waals surface area contributed by atoms with Gasteiger partial charge in [-0.2, -0.15) is 0 Å². The minimum Gasteiger partial charge on any atom is -0.356 e. The Morgan fingerprint density at radius 1 is 1.13 bits per heavy atom. The van der Waals surface area contributed by atoms with Crippen molar-refractivity contribution in [1.82, 2.24) is 15.6 Å². The normalized spacial score (nSPS) is 11.0. The number of rotatable bonds is 5. The maximum absolute atomic E-state index is 4.26. The number of halogens is 1. The Balaban J connectivity index is 0.00000264. The van der Waals surface area contributed by atoms with Crippen LogP contribution in [0.2, 0.25) is 0 Å². The average molecular weight is 444 g/mol. The molecule has 0 radical (unpaired) electrons. The number of aliphatic imine (C=N–C) groups is 1. The molecule has 1 aromatic carbocycles. The molecule has 2 N–H and O–H groups in total. The molecule has 2 aromatic rings. The van der Waals surface area contributed by atoms with Gasteiger partial charge in [-0.1, -0.05) is 29.3 Å². The maximum Gasteiger partial charge on any atom is 0.191 e. The van der Waals surface area contributed by atoms with Crippen LogP contribution in [0.5, 0.6) is 0 Å². The van der Waals surface area contributed by atoms with Gasteiger partial charge in [0.2, 0.25) is 0 Å². The van der Waals surface area contributed by atoms with Gasteiger partial charge in [-0.15, -0.1) is 35.3 Å². The van der Waals surface area contributed by atoms with Gasteiger partial charge in [0, 0.05) is 18.5 Å². The lowest BCUT2D eigenvalue weighted by molar-refractivity contribution is 0.796. The second-order valence-electron chi connectivity index (χ2n) is 5.46. The molecule has 1 heterocycles. The highest BCUT2D eigenvalue weighted by atomic mass is 127. The molecular formula is C17H25IN4S. The highest BCUT2D eigenvalue weighted by Crippen LogP contribution is 2.11. The van der Waals surface area contributed by atoms with E-state index < -0.39 is 0 Å². The molecule has 0 amide bonds. The molecule has 0 saturated heterocycles. The van der Waals surface area contributed by atoms with Gasteiger partial charge < -0.3 is 10.6 Å². The first kappa shape index (κ1) is 19.9. The zero-order chi connectivity index (χ0) is 15.9. The van der Waals surface area contributed by atoms with E-state index in [1.165, 1.54) is 21.6 Å². The monoisotopic (exact) mass is 444 g/mol. The standard InChI is InChI=1S/C17H24N4S.HI/c1-12-7-13(2)9-15(8-12)5-6-19-17(18-4)20-10-16-14(3)21-11-22-16;/h7-9,11H,5-6,10H2,1-4H3,(H2,18,19,20);1H. The molecule has 0 saturated carbocycles. The van der Waals surface area contributed by atoms with E-state index in [0.29, 0.717) is 0 Å². The zero-order valence-electron chi connectivity index (χ0n) is 14.1. The SMILES string of the molecule is CN=C(NCCc1cc(C)cc(C)c1)NCc1scnc1C.I. The van der Waals surface area contributed by atoms with Crippen LogP contribution in [-0.2, 0) is 13.0 Å². The summed E-state index contributed by atoms with van der Waals surface area (Å²) in [5, 5.41) is 6.69. The van der Waals surface area contributed by atoms with Crippen molar-refractivity contribution in [2.24, 2.45) is 4.99 Å². The van der Waals surface area contributed by atoms with Gasteiger partial charge in [0.05, 0.1) is 17.7 Å². The minimum absolute atomic E-state index is 0. The summed E-state index contributed by atoms with van der Waals surface area (Å²) in [5.41, 5.74) is 6.96. The summed E-state index contributed by atoms with van der Waals surface area (Å²) in [7, 11) is 1.80. The van der Waals surface area contributed by atoms with Gasteiger partial charge in [-0.25, -0.2) is 4.98 Å². The molecule has 4 nitrogen and oxygen atoms in total. The molecule has 1 aromatic heterocycles. The van der Waals surface area contributed by atoms with Crippen molar-refractivity contribution in [2.45, 2.75) is 33.7 Å². The van der Waals surface area contributed by atoms with E-state index in [4.69, 9.17) is 0 Å². The molecule has 0 aliphatic rings. The lowest BCUT2D eigenvalue weighted by Crippen LogP contribution is -2.37. The van der Waals surface area contributed by atoms with Crippen molar-refractivity contribution in [3.05, 3.63) is 51.0 Å². The largest absolute Gasteiger partial charge is 0.356 e. The Hall–Kier alpha value is -1.15. The molecule has 0 atom stereocenters. The van der Waals surface area contributed by atoms with Crippen LogP contribution in [-0.4, -0.2) is 24.5 Å². The molecule has 0 aliphatic heterocycles. The third-order valence-corrected chi connectivity index (χ3v) is 4.41. The summed E-state index contributed by atoms with van der Waals surface area (Å²) in [4.78, 5) is 9.77. The number of benzene rings is 1. The van der Waals surface area contributed by atoms with Crippen LogP contribution in [0.15, 0.2) is 28.7 Å². The summed E-state index contributed by atoms with van der Waals surface area (Å²) in [6.45, 7) is 7.94. The van der Waals surface area contributed by atoms with Crippen LogP contribution in [0, 0.1) is 20.8 Å². The Morgan fingerprint density at radius 2 is 1.83 bits per heavy atom. The summed E-state index contributed by atoms with van der Waals surface area (Å²) < 4.78 is 0. The summed E-state index contributed by atoms with van der Waals surface area (Å²) in [5.74, 6) is 0.831. The fraction of sp³-hybridized carbons (Fsp3) is 0.412. The Labute approximate surface area is 159 Å². The van der Waals surface area contributed by atoms with E-state index in [0.717, 1.165) is 31.2 Å². The molecule has 0 unspecified atom stereocenters. The van der Waals surface area contributed by atoms with Crippen LogP contribution in [0.1, 0.15) is 27.3 Å². The van der Waals surface area contributed by atoms with Crippen molar-refractivity contribution in [3.8, 4) is 0 Å². The van der Waals surface area contributed by atoms with Gasteiger partial charge in [0.1, 0.15) is 0 Å². The van der Waals surface area contributed by atoms with Crippen LogP contribution in [0.25, 0.3) is 0 Å². The fourth-order valence-electron chi connectivity index (χ4n) is 2.42. The number of nitrogens with one attached hydrogen (secondary N) is 2. The van der Waals surface area contributed by atoms with Crippen molar-refractivity contribution < 1.29 is 0 Å². The van der Waals surface area contributed by atoms with Gasteiger partial charge >= 0.3 is 0 Å². The maximum atomic E-state index is 4.26. The molecule has 126 valence electrons. The molecule has 0 bridgehead atoms. The minimum atomic E-state index is 0. The van der Waals surface area contributed by atoms with Crippen molar-refractivity contribution in [1.29, 1.82) is 0 Å². The van der Waals surface area contributed by atoms with E-state index in [1.54, 1.807) is 18.4 Å². The van der Waals surface area contributed by atoms with Gasteiger partial charge in [-0.05, 0) is 32.8 Å². The number of thiazole rings is 1. The molecule has 23 heavy (non-hydrogen) atoms. The number of aryl methyl sites for hydroxylation is 3. The third kappa shape index (κ3) is 6.47. The van der Waals surface area contributed by atoms with Crippen LogP contribution < -0.4 is 10.6 Å². The van der Waals surface area contributed by atoms with E-state index in [-0.39, 0.29) is 24.0 Å². The van der Waals surface area contributed by atoms with Crippen molar-refractivity contribution in [3.63, 3.8) is 0 Å². The lowest BCUT2D eigenvalue weighted by Gasteiger charge is -2.12. The number of hydrogen-bond donors (Lipinski definition) is 2. The second-order valence-corrected chi connectivity index (χ2v) is 6.40. The number of nitrogens with zero attached hydrogens (tertiary/aromatic N) is 2. The zero-order valence-corrected chi connectivity index (χ0v) is 17.3.